The van der Waals surface area contributed by atoms with Crippen molar-refractivity contribution in [3.63, 3.8) is 0 Å². The zero-order chi connectivity index (χ0) is 27.2. The minimum Gasteiger partial charge on any atom is -0.487 e. The number of aryl methyl sites for hydroxylation is 1. The summed E-state index contributed by atoms with van der Waals surface area (Å²) < 4.78 is 6.33. The third kappa shape index (κ3) is 6.36. The second-order valence-electron chi connectivity index (χ2n) is 10.4. The Kier molecular flexibility index (Phi) is 9.05. The van der Waals surface area contributed by atoms with Crippen LogP contribution in [0.4, 0.5) is 0 Å². The van der Waals surface area contributed by atoms with Gasteiger partial charge in [0.05, 0.1) is 5.02 Å². The monoisotopic (exact) mass is 532 g/mol. The Hall–Kier alpha value is -3.38. The topological polar surface area (TPSA) is 67.4 Å². The largest absolute Gasteiger partial charge is 0.487 e. The Labute approximate surface area is 230 Å². The molecule has 2 heterocycles. The molecule has 0 radical (unpaired) electrons. The van der Waals surface area contributed by atoms with Crippen molar-refractivity contribution >= 4 is 34.1 Å². The summed E-state index contributed by atoms with van der Waals surface area (Å²) in [4.78, 5) is 24.0. The first-order valence-electron chi connectivity index (χ1n) is 13.2. The number of nitrogens with zero attached hydrogens (tertiary/aromatic N) is 3. The lowest BCUT2D eigenvalue weighted by Gasteiger charge is -2.26. The lowest BCUT2D eigenvalue weighted by atomic mass is 9.82. The van der Waals surface area contributed by atoms with Gasteiger partial charge in [-0.2, -0.15) is 0 Å². The highest BCUT2D eigenvalue weighted by Crippen LogP contribution is 2.33. The van der Waals surface area contributed by atoms with E-state index in [1.165, 1.54) is 6.42 Å². The molecule has 0 saturated heterocycles. The van der Waals surface area contributed by atoms with E-state index in [1.54, 1.807) is 18.5 Å². The van der Waals surface area contributed by atoms with Gasteiger partial charge in [-0.3, -0.25) is 9.78 Å². The number of pyridine rings is 2. The fourth-order valence-electron chi connectivity index (χ4n) is 5.23. The molecular weight excluding hydrogens is 496 g/mol. The summed E-state index contributed by atoms with van der Waals surface area (Å²) in [7, 11) is 4.02. The summed E-state index contributed by atoms with van der Waals surface area (Å²) in [6.07, 6.45) is 11.4. The van der Waals surface area contributed by atoms with Gasteiger partial charge >= 0.3 is 0 Å². The van der Waals surface area contributed by atoms with E-state index in [9.17, 15) is 4.79 Å². The molecule has 38 heavy (non-hydrogen) atoms. The highest BCUT2D eigenvalue weighted by molar-refractivity contribution is 6.31. The van der Waals surface area contributed by atoms with Gasteiger partial charge in [0.2, 0.25) is 5.91 Å². The van der Waals surface area contributed by atoms with Gasteiger partial charge in [-0.1, -0.05) is 56.2 Å². The number of para-hydroxylation sites is 1. The maximum absolute atomic E-state index is 12.8. The van der Waals surface area contributed by atoms with Crippen LogP contribution in [0.25, 0.3) is 16.6 Å². The third-order valence-corrected chi connectivity index (χ3v) is 7.52. The van der Waals surface area contributed by atoms with Gasteiger partial charge in [-0.05, 0) is 49.5 Å². The molecule has 200 valence electrons. The van der Waals surface area contributed by atoms with Crippen molar-refractivity contribution < 1.29 is 9.53 Å². The van der Waals surface area contributed by atoms with Gasteiger partial charge in [-0.25, -0.2) is 4.98 Å². The highest BCUT2D eigenvalue weighted by Gasteiger charge is 2.25. The van der Waals surface area contributed by atoms with Crippen LogP contribution in [0.5, 0.6) is 5.75 Å². The second kappa shape index (κ2) is 12.4. The van der Waals surface area contributed by atoms with Crippen LogP contribution in [-0.4, -0.2) is 34.9 Å². The van der Waals surface area contributed by atoms with E-state index in [4.69, 9.17) is 21.3 Å². The molecule has 1 aliphatic rings. The molecule has 3 aromatic rings. The minimum absolute atomic E-state index is 0.0759. The number of hydrogen-bond donors (Lipinski definition) is 1. The van der Waals surface area contributed by atoms with Crippen LogP contribution in [0.3, 0.4) is 0 Å². The third-order valence-electron chi connectivity index (χ3n) is 7.19. The van der Waals surface area contributed by atoms with Crippen LogP contribution in [-0.2, 0) is 17.9 Å². The summed E-state index contributed by atoms with van der Waals surface area (Å²) >= 11 is 6.57. The predicted octanol–water partition coefficient (Wildman–Crippen LogP) is 6.70. The molecule has 0 spiro atoms. The molecule has 4 rings (SSSR count). The van der Waals surface area contributed by atoms with Crippen molar-refractivity contribution in [3.8, 4) is 5.75 Å². The predicted molar refractivity (Wildman–Crippen MR) is 155 cm³/mol. The number of nitrogens with one attached hydrogen (secondary N) is 1. The van der Waals surface area contributed by atoms with Crippen molar-refractivity contribution in [1.29, 1.82) is 0 Å². The molecule has 1 aliphatic carbocycles. The summed E-state index contributed by atoms with van der Waals surface area (Å²) in [5, 5.41) is 4.61. The molecule has 0 bridgehead atoms. The number of halogens is 1. The van der Waals surface area contributed by atoms with Gasteiger partial charge < -0.3 is 15.0 Å². The number of ether oxygens (including phenoxy) is 1. The van der Waals surface area contributed by atoms with Crippen LogP contribution in [0.1, 0.15) is 55.0 Å². The van der Waals surface area contributed by atoms with Gasteiger partial charge in [0, 0.05) is 66.9 Å². The first kappa shape index (κ1) is 27.6. The number of benzene rings is 1. The van der Waals surface area contributed by atoms with Crippen molar-refractivity contribution in [3.05, 3.63) is 82.8 Å². The molecule has 7 heteroatoms. The van der Waals surface area contributed by atoms with E-state index >= 15 is 0 Å². The lowest BCUT2D eigenvalue weighted by Crippen LogP contribution is -2.33. The molecule has 0 aliphatic heterocycles. The summed E-state index contributed by atoms with van der Waals surface area (Å²) in [6.45, 7) is 8.68. The van der Waals surface area contributed by atoms with Crippen LogP contribution >= 0.6 is 11.6 Å². The summed E-state index contributed by atoms with van der Waals surface area (Å²) in [5.41, 5.74) is 5.43. The van der Waals surface area contributed by atoms with Crippen molar-refractivity contribution in [1.82, 2.24) is 20.2 Å². The smallest absolute Gasteiger partial charge is 0.223 e. The van der Waals surface area contributed by atoms with Gasteiger partial charge in [-0.15, -0.1) is 0 Å². The van der Waals surface area contributed by atoms with E-state index in [0.717, 1.165) is 58.2 Å². The molecule has 2 aromatic heterocycles. The Morgan fingerprint density at radius 2 is 2.11 bits per heavy atom. The Morgan fingerprint density at radius 1 is 1.29 bits per heavy atom. The van der Waals surface area contributed by atoms with E-state index in [-0.39, 0.29) is 18.4 Å². The highest BCUT2D eigenvalue weighted by atomic mass is 35.5. The fraction of sp³-hybridized carbons (Fsp3) is 0.387. The zero-order valence-corrected chi connectivity index (χ0v) is 23.5. The summed E-state index contributed by atoms with van der Waals surface area (Å²) in [6, 6.07) is 8.03. The van der Waals surface area contributed by atoms with E-state index < -0.39 is 0 Å². The van der Waals surface area contributed by atoms with Crippen LogP contribution < -0.4 is 10.1 Å². The zero-order valence-electron chi connectivity index (χ0n) is 22.8. The van der Waals surface area contributed by atoms with Crippen LogP contribution in [0, 0.1) is 18.8 Å². The quantitative estimate of drug-likeness (QED) is 0.310. The number of amides is 1. The van der Waals surface area contributed by atoms with E-state index in [0.29, 0.717) is 23.2 Å². The van der Waals surface area contributed by atoms with Crippen LogP contribution in [0.2, 0.25) is 5.02 Å². The number of aromatic nitrogens is 2. The average Bonchev–Trinajstić information content (AvgIpc) is 2.89. The first-order valence-corrected chi connectivity index (χ1v) is 13.6. The molecule has 1 aromatic carbocycles. The molecule has 6 nitrogen and oxygen atoms in total. The van der Waals surface area contributed by atoms with Crippen molar-refractivity contribution in [2.24, 2.45) is 11.8 Å². The maximum Gasteiger partial charge on any atom is 0.223 e. The Balaban J connectivity index is 1.57. The first-order chi connectivity index (χ1) is 18.3. The lowest BCUT2D eigenvalue weighted by molar-refractivity contribution is -0.126. The number of allylic oxidation sites excluding steroid dienone is 2. The van der Waals surface area contributed by atoms with Crippen molar-refractivity contribution in [2.45, 2.75) is 52.7 Å². The number of carbonyl (C=O) groups excluding carboxylic acids is 1. The average molecular weight is 533 g/mol. The molecular formula is C31H37ClN4O2. The van der Waals surface area contributed by atoms with Crippen LogP contribution in [0.15, 0.2) is 55.4 Å². The standard InChI is InChI=1S/C31H37ClN4O2/c1-6-9-28(36(4)5)25-15-21(3)35-30-24(25)12-8-13-29(30)38-19-26-23(16-33-18-27(26)32)17-34-31(37)22-11-7-10-20(2)14-22/h6,8-9,12-13,15-16,18,20,22H,1,7,10-11,14,17,19H2,2-5H3,(H,34,37)/b28-9-. The van der Waals surface area contributed by atoms with Gasteiger partial charge in [0.1, 0.15) is 17.9 Å². The molecule has 2 atom stereocenters. The van der Waals surface area contributed by atoms with Crippen molar-refractivity contribution in [2.75, 3.05) is 14.1 Å². The van der Waals surface area contributed by atoms with E-state index in [1.807, 2.05) is 39.2 Å². The number of rotatable bonds is 9. The normalized spacial score (nSPS) is 17.8. The fourth-order valence-corrected chi connectivity index (χ4v) is 5.47. The Bertz CT molecular complexity index is 1350. The number of fused-ring (bicyclic) bond motifs is 1. The van der Waals surface area contributed by atoms with Gasteiger partial charge in [0.15, 0.2) is 0 Å². The SMILES string of the molecule is C=C/C=C(/c1cc(C)nc2c(OCc3c(Cl)cncc3CNC(=O)C3CCCC(C)C3)cccc12)N(C)C. The molecule has 2 unspecified atom stereocenters. The number of carbonyl (C=O) groups is 1. The second-order valence-corrected chi connectivity index (χ2v) is 10.8. The molecule has 1 fully saturated rings. The molecule has 1 amide bonds. The maximum atomic E-state index is 12.8. The number of hydrogen-bond acceptors (Lipinski definition) is 5. The molecule has 1 saturated carbocycles. The summed E-state index contributed by atoms with van der Waals surface area (Å²) in [5.74, 6) is 1.44. The molecule has 1 N–H and O–H groups in total. The Morgan fingerprint density at radius 3 is 2.84 bits per heavy atom. The minimum atomic E-state index is 0.0759. The van der Waals surface area contributed by atoms with Gasteiger partial charge in [0.25, 0.3) is 0 Å². The van der Waals surface area contributed by atoms with E-state index in [2.05, 4.69) is 40.8 Å².